The summed E-state index contributed by atoms with van der Waals surface area (Å²) >= 11 is 0. The van der Waals surface area contributed by atoms with Gasteiger partial charge in [0.15, 0.2) is 0 Å². The van der Waals surface area contributed by atoms with Crippen LogP contribution in [0, 0.1) is 0 Å². The van der Waals surface area contributed by atoms with Gasteiger partial charge in [0.1, 0.15) is 12.1 Å². The van der Waals surface area contributed by atoms with E-state index in [0.717, 1.165) is 5.69 Å². The average Bonchev–Trinajstić information content (AvgIpc) is 2.16. The minimum atomic E-state index is 0.0635. The summed E-state index contributed by atoms with van der Waals surface area (Å²) in [6.07, 6.45) is 4.25. The molecule has 12 heavy (non-hydrogen) atoms. The van der Waals surface area contributed by atoms with Gasteiger partial charge in [-0.15, -0.1) is 0 Å². The molecule has 0 aliphatic heterocycles. The molecule has 0 fully saturated rings. The first-order valence-corrected chi connectivity index (χ1v) is 3.79. The van der Waals surface area contributed by atoms with Crippen molar-refractivity contribution in [1.29, 1.82) is 0 Å². The van der Waals surface area contributed by atoms with Gasteiger partial charge in [-0.1, -0.05) is 0 Å². The number of hydrogen-bond acceptors (Lipinski definition) is 4. The van der Waals surface area contributed by atoms with Crippen LogP contribution in [-0.2, 0) is 11.2 Å². The zero-order chi connectivity index (χ0) is 8.81. The molecular weight excluding hydrogens is 154 g/mol. The summed E-state index contributed by atoms with van der Waals surface area (Å²) in [6, 6.07) is 1.80. The molecule has 1 rings (SSSR count). The Morgan fingerprint density at radius 3 is 3.00 bits per heavy atom. The Morgan fingerprint density at radius 1 is 1.58 bits per heavy atom. The molecule has 2 N–H and O–H groups in total. The van der Waals surface area contributed by atoms with Crippen LogP contribution in [0.5, 0.6) is 0 Å². The first kappa shape index (κ1) is 8.80. The molecule has 0 aliphatic carbocycles. The second-order valence-corrected chi connectivity index (χ2v) is 2.44. The van der Waals surface area contributed by atoms with Crippen molar-refractivity contribution in [2.24, 2.45) is 5.73 Å². The van der Waals surface area contributed by atoms with Crippen LogP contribution in [0.2, 0.25) is 0 Å². The molecule has 0 aliphatic rings. The fraction of sp³-hybridized carbons (Fsp3) is 0.375. The number of carbonyl (C=O) groups excluding carboxylic acids is 1. The van der Waals surface area contributed by atoms with Crippen LogP contribution in [0.15, 0.2) is 18.6 Å². The standard InChI is InChI=1S/C8H11N3O/c9-5-8(12)2-1-7-3-4-10-6-11-7/h3-4,6H,1-2,5,9H2. The number of aromatic nitrogens is 2. The highest BCUT2D eigenvalue weighted by Crippen LogP contribution is 1.96. The highest BCUT2D eigenvalue weighted by molar-refractivity contribution is 5.80. The van der Waals surface area contributed by atoms with E-state index >= 15 is 0 Å². The van der Waals surface area contributed by atoms with Gasteiger partial charge in [0.25, 0.3) is 0 Å². The molecule has 4 heteroatoms. The molecule has 0 atom stereocenters. The van der Waals surface area contributed by atoms with Gasteiger partial charge >= 0.3 is 0 Å². The lowest BCUT2D eigenvalue weighted by atomic mass is 10.2. The summed E-state index contributed by atoms with van der Waals surface area (Å²) in [5.41, 5.74) is 6.04. The van der Waals surface area contributed by atoms with Gasteiger partial charge in [0, 0.05) is 18.3 Å². The fourth-order valence-corrected chi connectivity index (χ4v) is 0.836. The number of nitrogens with zero attached hydrogens (tertiary/aromatic N) is 2. The Balaban J connectivity index is 2.38. The first-order valence-electron chi connectivity index (χ1n) is 3.79. The number of aryl methyl sites for hydroxylation is 1. The van der Waals surface area contributed by atoms with Crippen molar-refractivity contribution in [3.8, 4) is 0 Å². The quantitative estimate of drug-likeness (QED) is 0.678. The van der Waals surface area contributed by atoms with Crippen LogP contribution < -0.4 is 5.73 Å². The smallest absolute Gasteiger partial charge is 0.146 e. The minimum absolute atomic E-state index is 0.0635. The summed E-state index contributed by atoms with van der Waals surface area (Å²) in [6.45, 7) is 0.116. The third-order valence-corrected chi connectivity index (χ3v) is 1.53. The number of hydrogen-bond donors (Lipinski definition) is 1. The lowest BCUT2D eigenvalue weighted by Gasteiger charge is -1.96. The maximum Gasteiger partial charge on any atom is 0.146 e. The molecule has 4 nitrogen and oxygen atoms in total. The Bertz CT molecular complexity index is 248. The zero-order valence-electron chi connectivity index (χ0n) is 6.73. The molecular formula is C8H11N3O. The Labute approximate surface area is 70.8 Å². The van der Waals surface area contributed by atoms with E-state index in [1.165, 1.54) is 6.33 Å². The van der Waals surface area contributed by atoms with Crippen molar-refractivity contribution in [2.75, 3.05) is 6.54 Å². The highest BCUT2D eigenvalue weighted by Gasteiger charge is 1.99. The van der Waals surface area contributed by atoms with Gasteiger partial charge in [0.05, 0.1) is 6.54 Å². The Kier molecular flexibility index (Phi) is 3.35. The molecule has 0 unspecified atom stereocenters. The topological polar surface area (TPSA) is 68.9 Å². The van der Waals surface area contributed by atoms with Crippen LogP contribution in [0.3, 0.4) is 0 Å². The van der Waals surface area contributed by atoms with Gasteiger partial charge in [-0.05, 0) is 12.5 Å². The molecule has 0 saturated carbocycles. The molecule has 0 radical (unpaired) electrons. The maximum absolute atomic E-state index is 10.8. The normalized spacial score (nSPS) is 9.75. The molecule has 0 spiro atoms. The van der Waals surface area contributed by atoms with Gasteiger partial charge in [-0.2, -0.15) is 0 Å². The van der Waals surface area contributed by atoms with Crippen molar-refractivity contribution in [3.05, 3.63) is 24.3 Å². The summed E-state index contributed by atoms with van der Waals surface area (Å²) in [5.74, 6) is 0.0635. The van der Waals surface area contributed by atoms with Crippen LogP contribution in [-0.4, -0.2) is 22.3 Å². The molecule has 0 aromatic carbocycles. The van der Waals surface area contributed by atoms with Crippen LogP contribution in [0.4, 0.5) is 0 Å². The van der Waals surface area contributed by atoms with Crippen LogP contribution in [0.25, 0.3) is 0 Å². The van der Waals surface area contributed by atoms with Crippen molar-refractivity contribution in [3.63, 3.8) is 0 Å². The van der Waals surface area contributed by atoms with Crippen LogP contribution in [0.1, 0.15) is 12.1 Å². The maximum atomic E-state index is 10.8. The Hall–Kier alpha value is -1.29. The van der Waals surface area contributed by atoms with E-state index < -0.39 is 0 Å². The van der Waals surface area contributed by atoms with E-state index in [9.17, 15) is 4.79 Å². The van der Waals surface area contributed by atoms with E-state index in [4.69, 9.17) is 5.73 Å². The molecule has 0 amide bonds. The molecule has 0 saturated heterocycles. The van der Waals surface area contributed by atoms with Crippen molar-refractivity contribution < 1.29 is 4.79 Å². The SMILES string of the molecule is NCC(=O)CCc1ccncn1. The van der Waals surface area contributed by atoms with Gasteiger partial charge < -0.3 is 5.73 Å². The number of ketones is 1. The second-order valence-electron chi connectivity index (χ2n) is 2.44. The van der Waals surface area contributed by atoms with E-state index in [-0.39, 0.29) is 12.3 Å². The minimum Gasteiger partial charge on any atom is -0.324 e. The lowest BCUT2D eigenvalue weighted by Crippen LogP contribution is -2.14. The summed E-state index contributed by atoms with van der Waals surface area (Å²) in [5, 5.41) is 0. The summed E-state index contributed by atoms with van der Waals surface area (Å²) in [4.78, 5) is 18.6. The number of nitrogens with two attached hydrogens (primary N) is 1. The van der Waals surface area contributed by atoms with Gasteiger partial charge in [-0.3, -0.25) is 4.79 Å². The lowest BCUT2D eigenvalue weighted by molar-refractivity contribution is -0.117. The zero-order valence-corrected chi connectivity index (χ0v) is 6.73. The predicted octanol–water partition coefficient (Wildman–Crippen LogP) is -0.0630. The largest absolute Gasteiger partial charge is 0.324 e. The molecule has 1 aromatic heterocycles. The highest BCUT2D eigenvalue weighted by atomic mass is 16.1. The second kappa shape index (κ2) is 4.56. The number of Topliss-reactive ketones (excluding diaryl/α,β-unsaturated/α-hetero) is 1. The third-order valence-electron chi connectivity index (χ3n) is 1.53. The fourth-order valence-electron chi connectivity index (χ4n) is 0.836. The van der Waals surface area contributed by atoms with E-state index in [2.05, 4.69) is 9.97 Å². The van der Waals surface area contributed by atoms with Crippen molar-refractivity contribution >= 4 is 5.78 Å². The van der Waals surface area contributed by atoms with Crippen LogP contribution >= 0.6 is 0 Å². The monoisotopic (exact) mass is 165 g/mol. The van der Waals surface area contributed by atoms with E-state index in [1.807, 2.05) is 0 Å². The summed E-state index contributed by atoms with van der Waals surface area (Å²) < 4.78 is 0. The summed E-state index contributed by atoms with van der Waals surface area (Å²) in [7, 11) is 0. The number of rotatable bonds is 4. The van der Waals surface area contributed by atoms with Gasteiger partial charge in [-0.25, -0.2) is 9.97 Å². The number of carbonyl (C=O) groups is 1. The van der Waals surface area contributed by atoms with Crippen molar-refractivity contribution in [1.82, 2.24) is 9.97 Å². The third kappa shape index (κ3) is 2.75. The molecule has 0 bridgehead atoms. The van der Waals surface area contributed by atoms with E-state index in [1.54, 1.807) is 12.3 Å². The molecule has 64 valence electrons. The van der Waals surface area contributed by atoms with Crippen molar-refractivity contribution in [2.45, 2.75) is 12.8 Å². The predicted molar refractivity (Wildman–Crippen MR) is 44.4 cm³/mol. The van der Waals surface area contributed by atoms with E-state index in [0.29, 0.717) is 12.8 Å². The average molecular weight is 165 g/mol. The Morgan fingerprint density at radius 2 is 2.42 bits per heavy atom. The first-order chi connectivity index (χ1) is 5.83. The molecule has 1 aromatic rings. The van der Waals surface area contributed by atoms with Gasteiger partial charge in [0.2, 0.25) is 0 Å². The molecule has 1 heterocycles.